The first-order valence-corrected chi connectivity index (χ1v) is 3.85. The molecule has 1 rings (SSSR count). The van der Waals surface area contributed by atoms with E-state index in [1.807, 2.05) is 0 Å². The zero-order chi connectivity index (χ0) is 10.1. The van der Waals surface area contributed by atoms with E-state index in [4.69, 9.17) is 17.7 Å². The summed E-state index contributed by atoms with van der Waals surface area (Å²) < 4.78 is 4.92. The van der Waals surface area contributed by atoms with Gasteiger partial charge >= 0.3 is 0 Å². The van der Waals surface area contributed by atoms with Crippen LogP contribution in [0.2, 0.25) is 0 Å². The van der Waals surface area contributed by atoms with Gasteiger partial charge in [-0.15, -0.1) is 5.73 Å². The largest absolute Gasteiger partial charge is 0.394 e. The molecule has 0 amide bonds. The maximum absolute atomic E-state index is 9.76. The van der Waals surface area contributed by atoms with E-state index in [0.717, 1.165) is 6.08 Å². The molecule has 1 saturated heterocycles. The fourth-order valence-corrected chi connectivity index (χ4v) is 1.31. The van der Waals surface area contributed by atoms with Gasteiger partial charge in [-0.1, -0.05) is 6.58 Å². The average Bonchev–Trinajstić information content (AvgIpc) is 2.31. The molecular formula is C8H11BO4. The molecule has 2 unspecified atom stereocenters. The van der Waals surface area contributed by atoms with Gasteiger partial charge in [0, 0.05) is 0 Å². The topological polar surface area (TPSA) is 69.9 Å². The van der Waals surface area contributed by atoms with Crippen molar-refractivity contribution in [3.63, 3.8) is 0 Å². The SMILES string of the molecule is [B][C@@H]1O[C@H](CO)C(O)C1(O)C=C=C. The molecule has 70 valence electrons. The van der Waals surface area contributed by atoms with Crippen LogP contribution in [-0.2, 0) is 4.74 Å². The van der Waals surface area contributed by atoms with Crippen molar-refractivity contribution in [3.8, 4) is 0 Å². The van der Waals surface area contributed by atoms with Gasteiger partial charge in [-0.3, -0.25) is 0 Å². The van der Waals surface area contributed by atoms with Crippen molar-refractivity contribution in [2.24, 2.45) is 0 Å². The summed E-state index contributed by atoms with van der Waals surface area (Å²) in [5, 5.41) is 28.0. The fourth-order valence-electron chi connectivity index (χ4n) is 1.31. The van der Waals surface area contributed by atoms with Crippen LogP contribution in [0, 0.1) is 0 Å². The molecule has 0 bridgehead atoms. The van der Waals surface area contributed by atoms with Gasteiger partial charge < -0.3 is 20.1 Å². The predicted molar refractivity (Wildman–Crippen MR) is 46.2 cm³/mol. The summed E-state index contributed by atoms with van der Waals surface area (Å²) in [6, 6.07) is -1.08. The number of hydrogen-bond donors (Lipinski definition) is 3. The Balaban J connectivity index is 2.91. The molecule has 1 aliphatic rings. The second-order valence-corrected chi connectivity index (χ2v) is 2.96. The van der Waals surface area contributed by atoms with E-state index in [-0.39, 0.29) is 0 Å². The highest BCUT2D eigenvalue weighted by Gasteiger charge is 2.50. The van der Waals surface area contributed by atoms with Gasteiger partial charge in [-0.05, 0) is 6.08 Å². The summed E-state index contributed by atoms with van der Waals surface area (Å²) in [5.74, 6) is 0. The van der Waals surface area contributed by atoms with Gasteiger partial charge in [-0.25, -0.2) is 0 Å². The van der Waals surface area contributed by atoms with Crippen molar-refractivity contribution in [2.45, 2.75) is 23.8 Å². The van der Waals surface area contributed by atoms with Crippen LogP contribution in [-0.4, -0.2) is 53.6 Å². The molecule has 0 aromatic rings. The highest BCUT2D eigenvalue weighted by Crippen LogP contribution is 2.30. The second kappa shape index (κ2) is 3.66. The van der Waals surface area contributed by atoms with Crippen LogP contribution in [0.5, 0.6) is 0 Å². The standard InChI is InChI=1S/C8H11BO4/c1-2-3-8(12)6(11)5(4-10)13-7(8)9/h3,5-7,10-12H,1,4H2/t5-,6?,7-,8?/m1/s1. The van der Waals surface area contributed by atoms with Crippen LogP contribution in [0.1, 0.15) is 0 Å². The Bertz CT molecular complexity index is 238. The van der Waals surface area contributed by atoms with Gasteiger partial charge in [0.25, 0.3) is 0 Å². The van der Waals surface area contributed by atoms with Gasteiger partial charge in [0.05, 0.1) is 12.6 Å². The Hall–Kier alpha value is -0.575. The normalized spacial score (nSPS) is 44.4. The molecule has 0 aliphatic carbocycles. The van der Waals surface area contributed by atoms with Gasteiger partial charge in [0.15, 0.2) is 0 Å². The minimum Gasteiger partial charge on any atom is -0.394 e. The Kier molecular flexibility index (Phi) is 2.96. The second-order valence-electron chi connectivity index (χ2n) is 2.96. The minimum atomic E-state index is -1.71. The van der Waals surface area contributed by atoms with Gasteiger partial charge in [-0.2, -0.15) is 0 Å². The Morgan fingerprint density at radius 1 is 1.69 bits per heavy atom. The van der Waals surface area contributed by atoms with Crippen LogP contribution in [0.25, 0.3) is 0 Å². The van der Waals surface area contributed by atoms with Crippen LogP contribution in [0.4, 0.5) is 0 Å². The lowest BCUT2D eigenvalue weighted by molar-refractivity contribution is -0.0285. The first-order chi connectivity index (χ1) is 6.06. The lowest BCUT2D eigenvalue weighted by Crippen LogP contribution is -2.47. The quantitative estimate of drug-likeness (QED) is 0.352. The molecule has 1 fully saturated rings. The Morgan fingerprint density at radius 2 is 2.31 bits per heavy atom. The van der Waals surface area contributed by atoms with E-state index in [1.165, 1.54) is 0 Å². The van der Waals surface area contributed by atoms with Crippen molar-refractivity contribution in [2.75, 3.05) is 6.61 Å². The monoisotopic (exact) mass is 182 g/mol. The number of rotatable bonds is 2. The molecule has 5 heteroatoms. The van der Waals surface area contributed by atoms with Crippen LogP contribution in [0.3, 0.4) is 0 Å². The first-order valence-electron chi connectivity index (χ1n) is 3.85. The molecule has 1 heterocycles. The molecule has 4 nitrogen and oxygen atoms in total. The lowest BCUT2D eigenvalue weighted by atomic mass is 9.80. The third-order valence-corrected chi connectivity index (χ3v) is 2.12. The van der Waals surface area contributed by atoms with Crippen molar-refractivity contribution in [1.29, 1.82) is 0 Å². The molecule has 4 atom stereocenters. The van der Waals surface area contributed by atoms with Crippen LogP contribution >= 0.6 is 0 Å². The molecule has 0 aromatic carbocycles. The highest BCUT2D eigenvalue weighted by atomic mass is 16.6. The zero-order valence-corrected chi connectivity index (χ0v) is 7.05. The lowest BCUT2D eigenvalue weighted by Gasteiger charge is -2.24. The molecule has 0 spiro atoms. The first kappa shape index (κ1) is 10.5. The predicted octanol–water partition coefficient (Wildman–Crippen LogP) is -1.69. The fraction of sp³-hybridized carbons (Fsp3) is 0.625. The number of ether oxygens (including phenoxy) is 1. The van der Waals surface area contributed by atoms with Crippen molar-refractivity contribution >= 4 is 7.85 Å². The maximum atomic E-state index is 9.76. The molecule has 0 aromatic heterocycles. The Morgan fingerprint density at radius 3 is 2.69 bits per heavy atom. The molecule has 1 aliphatic heterocycles. The third kappa shape index (κ3) is 1.57. The summed E-state index contributed by atoms with van der Waals surface area (Å²) in [6.07, 6.45) is -0.996. The minimum absolute atomic E-state index is 0.401. The number of aliphatic hydroxyl groups is 3. The van der Waals surface area contributed by atoms with Gasteiger partial charge in [0.1, 0.15) is 25.7 Å². The van der Waals surface area contributed by atoms with Crippen molar-refractivity contribution in [3.05, 3.63) is 18.4 Å². The highest BCUT2D eigenvalue weighted by molar-refractivity contribution is 6.12. The van der Waals surface area contributed by atoms with E-state index in [1.54, 1.807) is 0 Å². The molecule has 2 radical (unpaired) electrons. The van der Waals surface area contributed by atoms with E-state index in [0.29, 0.717) is 0 Å². The molecular weight excluding hydrogens is 171 g/mol. The van der Waals surface area contributed by atoms with Crippen molar-refractivity contribution < 1.29 is 20.1 Å². The number of aliphatic hydroxyl groups excluding tert-OH is 2. The molecule has 3 N–H and O–H groups in total. The summed E-state index contributed by atoms with van der Waals surface area (Å²) in [5.41, 5.74) is 0.616. The maximum Gasteiger partial charge on any atom is 0.136 e. The summed E-state index contributed by atoms with van der Waals surface area (Å²) in [6.45, 7) is 2.86. The zero-order valence-electron chi connectivity index (χ0n) is 7.05. The summed E-state index contributed by atoms with van der Waals surface area (Å²) >= 11 is 0. The number of hydrogen-bond acceptors (Lipinski definition) is 4. The summed E-state index contributed by atoms with van der Waals surface area (Å²) in [7, 11) is 5.41. The average molecular weight is 182 g/mol. The van der Waals surface area contributed by atoms with E-state index in [2.05, 4.69) is 12.3 Å². The van der Waals surface area contributed by atoms with Crippen LogP contribution < -0.4 is 0 Å². The van der Waals surface area contributed by atoms with E-state index >= 15 is 0 Å². The third-order valence-electron chi connectivity index (χ3n) is 2.12. The molecule has 0 saturated carbocycles. The van der Waals surface area contributed by atoms with Crippen molar-refractivity contribution in [1.82, 2.24) is 0 Å². The summed E-state index contributed by atoms with van der Waals surface area (Å²) in [4.78, 5) is 0. The van der Waals surface area contributed by atoms with E-state index in [9.17, 15) is 10.2 Å². The Labute approximate surface area is 77.6 Å². The van der Waals surface area contributed by atoms with Gasteiger partial charge in [0.2, 0.25) is 0 Å². The van der Waals surface area contributed by atoms with E-state index < -0.39 is 30.4 Å². The van der Waals surface area contributed by atoms with Crippen LogP contribution in [0.15, 0.2) is 18.4 Å². The molecule has 13 heavy (non-hydrogen) atoms. The smallest absolute Gasteiger partial charge is 0.136 e.